The van der Waals surface area contributed by atoms with Crippen molar-refractivity contribution in [3.63, 3.8) is 0 Å². The van der Waals surface area contributed by atoms with E-state index < -0.39 is 18.0 Å². The van der Waals surface area contributed by atoms with Crippen LogP contribution >= 0.6 is 0 Å². The first-order valence-corrected chi connectivity index (χ1v) is 8.20. The van der Waals surface area contributed by atoms with Crippen LogP contribution in [0.25, 0.3) is 6.08 Å². The molecule has 1 aromatic carbocycles. The van der Waals surface area contributed by atoms with Crippen LogP contribution in [0.4, 0.5) is 5.82 Å². The highest BCUT2D eigenvalue weighted by molar-refractivity contribution is 5.96. The minimum Gasteiger partial charge on any atom is -0.444 e. The van der Waals surface area contributed by atoms with Gasteiger partial charge in [-0.1, -0.05) is 41.6 Å². The Morgan fingerprint density at radius 2 is 1.93 bits per heavy atom. The second kappa shape index (κ2) is 8.57. The van der Waals surface area contributed by atoms with Crippen molar-refractivity contribution in [2.45, 2.75) is 13.0 Å². The fraction of sp³-hybridized carbons (Fsp3) is 0.100. The van der Waals surface area contributed by atoms with Gasteiger partial charge in [-0.05, 0) is 25.1 Å². The maximum atomic E-state index is 12.6. The molecule has 2 heterocycles. The zero-order chi connectivity index (χ0) is 19.1. The lowest BCUT2D eigenvalue weighted by Crippen LogP contribution is -2.25. The molecule has 1 atom stereocenters. The fourth-order valence-corrected chi connectivity index (χ4v) is 2.30. The normalized spacial score (nSPS) is 11.9. The average Bonchev–Trinajstić information content (AvgIpc) is 3.10. The quantitative estimate of drug-likeness (QED) is 0.533. The molecule has 2 aromatic heterocycles. The molecule has 1 amide bonds. The summed E-state index contributed by atoms with van der Waals surface area (Å²) in [7, 11) is 0. The lowest BCUT2D eigenvalue weighted by Gasteiger charge is -2.16. The number of benzene rings is 1. The maximum Gasteiger partial charge on any atom is 0.331 e. The van der Waals surface area contributed by atoms with Crippen LogP contribution in [-0.2, 0) is 14.3 Å². The molecule has 0 radical (unpaired) electrons. The fourth-order valence-electron chi connectivity index (χ4n) is 2.30. The number of hydrogen-bond acceptors (Lipinski definition) is 6. The van der Waals surface area contributed by atoms with E-state index in [-0.39, 0.29) is 5.82 Å². The van der Waals surface area contributed by atoms with Crippen molar-refractivity contribution >= 4 is 23.8 Å². The van der Waals surface area contributed by atoms with Crippen molar-refractivity contribution in [3.05, 3.63) is 83.9 Å². The lowest BCUT2D eigenvalue weighted by atomic mass is 10.1. The molecule has 0 aliphatic heterocycles. The average molecular weight is 363 g/mol. The van der Waals surface area contributed by atoms with E-state index in [2.05, 4.69) is 15.5 Å². The molecule has 0 fully saturated rings. The molecule has 0 aliphatic carbocycles. The van der Waals surface area contributed by atoms with E-state index in [1.165, 1.54) is 12.2 Å². The molecular formula is C20H17N3O4. The number of carbonyl (C=O) groups excluding carboxylic acids is 2. The van der Waals surface area contributed by atoms with Gasteiger partial charge in [0, 0.05) is 23.9 Å². The lowest BCUT2D eigenvalue weighted by molar-refractivity contribution is -0.149. The van der Waals surface area contributed by atoms with Crippen molar-refractivity contribution in [2.75, 3.05) is 5.32 Å². The molecule has 0 saturated heterocycles. The van der Waals surface area contributed by atoms with Crippen LogP contribution in [0.1, 0.15) is 23.1 Å². The number of aromatic nitrogens is 2. The molecule has 136 valence electrons. The summed E-state index contributed by atoms with van der Waals surface area (Å²) in [6, 6.07) is 15.6. The first-order valence-electron chi connectivity index (χ1n) is 8.20. The van der Waals surface area contributed by atoms with Gasteiger partial charge in [-0.15, -0.1) is 0 Å². The molecular weight excluding hydrogens is 346 g/mol. The molecule has 7 nitrogen and oxygen atoms in total. The van der Waals surface area contributed by atoms with Gasteiger partial charge in [0.1, 0.15) is 5.76 Å². The van der Waals surface area contributed by atoms with E-state index in [9.17, 15) is 9.59 Å². The highest BCUT2D eigenvalue weighted by Gasteiger charge is 2.25. The summed E-state index contributed by atoms with van der Waals surface area (Å²) in [6.45, 7) is 1.71. The van der Waals surface area contributed by atoms with E-state index in [0.29, 0.717) is 17.0 Å². The first-order chi connectivity index (χ1) is 13.1. The maximum absolute atomic E-state index is 12.6. The van der Waals surface area contributed by atoms with Gasteiger partial charge >= 0.3 is 5.97 Å². The van der Waals surface area contributed by atoms with Gasteiger partial charge in [-0.2, -0.15) is 0 Å². The number of nitrogens with zero attached hydrogens (tertiary/aromatic N) is 2. The summed E-state index contributed by atoms with van der Waals surface area (Å²) in [5.41, 5.74) is 1.14. The van der Waals surface area contributed by atoms with Crippen LogP contribution in [0.3, 0.4) is 0 Å². The number of hydrogen-bond donors (Lipinski definition) is 1. The van der Waals surface area contributed by atoms with Gasteiger partial charge in [-0.25, -0.2) is 4.79 Å². The topological polar surface area (TPSA) is 94.3 Å². The predicted molar refractivity (Wildman–Crippen MR) is 98.4 cm³/mol. The van der Waals surface area contributed by atoms with Gasteiger partial charge in [0.05, 0.1) is 5.69 Å². The van der Waals surface area contributed by atoms with E-state index in [0.717, 1.165) is 0 Å². The minimum atomic E-state index is -1.14. The largest absolute Gasteiger partial charge is 0.444 e. The minimum absolute atomic E-state index is 0.249. The summed E-state index contributed by atoms with van der Waals surface area (Å²) < 4.78 is 10.3. The Morgan fingerprint density at radius 3 is 2.59 bits per heavy atom. The predicted octanol–water partition coefficient (Wildman–Crippen LogP) is 3.31. The zero-order valence-electron chi connectivity index (χ0n) is 14.5. The third kappa shape index (κ3) is 5.12. The Hall–Kier alpha value is -3.74. The molecule has 3 aromatic rings. The van der Waals surface area contributed by atoms with Crippen LogP contribution in [0.5, 0.6) is 0 Å². The monoisotopic (exact) mass is 363 g/mol. The molecule has 0 aliphatic rings. The third-order valence-corrected chi connectivity index (χ3v) is 3.53. The molecule has 27 heavy (non-hydrogen) atoms. The Kier molecular flexibility index (Phi) is 5.73. The van der Waals surface area contributed by atoms with E-state index >= 15 is 0 Å². The molecule has 3 rings (SSSR count). The molecule has 1 N–H and O–H groups in total. The standard InChI is InChI=1S/C20H17N3O4/c1-14-13-17(23-27-14)22-20(25)19(15-7-3-2-4-8-15)26-18(24)11-10-16-9-5-6-12-21-16/h2-13,19H,1H3,(H,22,23,25). The summed E-state index contributed by atoms with van der Waals surface area (Å²) in [5.74, 6) is -0.398. The van der Waals surface area contributed by atoms with Gasteiger partial charge in [0.2, 0.25) is 6.10 Å². The van der Waals surface area contributed by atoms with Crippen molar-refractivity contribution in [1.82, 2.24) is 10.1 Å². The van der Waals surface area contributed by atoms with Crippen molar-refractivity contribution < 1.29 is 18.8 Å². The second-order valence-corrected chi connectivity index (χ2v) is 5.63. The van der Waals surface area contributed by atoms with Crippen LogP contribution in [0.15, 0.2) is 71.4 Å². The molecule has 0 bridgehead atoms. The van der Waals surface area contributed by atoms with Gasteiger partial charge in [-0.3, -0.25) is 9.78 Å². The number of esters is 1. The zero-order valence-corrected chi connectivity index (χ0v) is 14.5. The van der Waals surface area contributed by atoms with Crippen LogP contribution in [-0.4, -0.2) is 22.0 Å². The smallest absolute Gasteiger partial charge is 0.331 e. The van der Waals surface area contributed by atoms with Crippen molar-refractivity contribution in [1.29, 1.82) is 0 Å². The highest BCUT2D eigenvalue weighted by Crippen LogP contribution is 2.20. The number of carbonyl (C=O) groups is 2. The number of aryl methyl sites for hydroxylation is 1. The number of nitrogens with one attached hydrogen (secondary N) is 1. The van der Waals surface area contributed by atoms with Gasteiger partial charge in [0.25, 0.3) is 5.91 Å². The molecule has 7 heteroatoms. The summed E-state index contributed by atoms with van der Waals surface area (Å²) in [5, 5.41) is 6.30. The van der Waals surface area contributed by atoms with Crippen molar-refractivity contribution in [3.8, 4) is 0 Å². The summed E-state index contributed by atoms with van der Waals surface area (Å²) in [4.78, 5) is 28.9. The van der Waals surface area contributed by atoms with Crippen LogP contribution < -0.4 is 5.32 Å². The summed E-state index contributed by atoms with van der Waals surface area (Å²) in [6.07, 6.45) is 3.23. The van der Waals surface area contributed by atoms with E-state index in [1.807, 2.05) is 6.07 Å². The van der Waals surface area contributed by atoms with Crippen LogP contribution in [0.2, 0.25) is 0 Å². The Labute approximate surface area is 155 Å². The Bertz CT molecular complexity index is 936. The Balaban J connectivity index is 1.74. The molecule has 1 unspecified atom stereocenters. The number of ether oxygens (including phenoxy) is 1. The van der Waals surface area contributed by atoms with Gasteiger partial charge in [0.15, 0.2) is 5.82 Å². The van der Waals surface area contributed by atoms with Crippen molar-refractivity contribution in [2.24, 2.45) is 0 Å². The Morgan fingerprint density at radius 1 is 1.15 bits per heavy atom. The SMILES string of the molecule is Cc1cc(NC(=O)C(OC(=O)C=Cc2ccccn2)c2ccccc2)no1. The number of anilines is 1. The van der Waals surface area contributed by atoms with Crippen LogP contribution in [0, 0.1) is 6.92 Å². The number of pyridine rings is 1. The number of rotatable bonds is 6. The van der Waals surface area contributed by atoms with E-state index in [1.54, 1.807) is 61.7 Å². The highest BCUT2D eigenvalue weighted by atomic mass is 16.5. The molecule has 0 spiro atoms. The number of amides is 1. The third-order valence-electron chi connectivity index (χ3n) is 3.53. The second-order valence-electron chi connectivity index (χ2n) is 5.63. The van der Waals surface area contributed by atoms with E-state index in [4.69, 9.17) is 9.26 Å². The van der Waals surface area contributed by atoms with Gasteiger partial charge < -0.3 is 14.6 Å². The molecule has 0 saturated carbocycles. The first kappa shape index (κ1) is 18.1. The summed E-state index contributed by atoms with van der Waals surface area (Å²) >= 11 is 0.